The fraction of sp³-hybridized carbons (Fsp3) is 0.353. The zero-order valence-electron chi connectivity index (χ0n) is 14.3. The van der Waals surface area contributed by atoms with Gasteiger partial charge in [0.05, 0.1) is 10.6 Å². The van der Waals surface area contributed by atoms with Gasteiger partial charge >= 0.3 is 0 Å². The molecule has 1 saturated heterocycles. The van der Waals surface area contributed by atoms with Crippen LogP contribution in [0.1, 0.15) is 27.3 Å². The van der Waals surface area contributed by atoms with Crippen molar-refractivity contribution in [2.45, 2.75) is 12.5 Å². The lowest BCUT2D eigenvalue weighted by atomic mass is 10.2. The third-order valence-corrected chi connectivity index (χ3v) is 5.66. The Bertz CT molecular complexity index is 842. The van der Waals surface area contributed by atoms with E-state index in [4.69, 9.17) is 23.2 Å². The molecule has 2 amide bonds. The quantitative estimate of drug-likeness (QED) is 0.834. The predicted molar refractivity (Wildman–Crippen MR) is 105 cm³/mol. The number of thiazole rings is 1. The minimum atomic E-state index is -0.397. The van der Waals surface area contributed by atoms with Gasteiger partial charge in [-0.2, -0.15) is 0 Å². The molecule has 138 valence electrons. The molecule has 0 bridgehead atoms. The fourth-order valence-corrected chi connectivity index (χ4v) is 4.02. The van der Waals surface area contributed by atoms with Crippen LogP contribution in [0.5, 0.6) is 0 Å². The number of benzene rings is 1. The molecule has 1 aromatic carbocycles. The molecular formula is C17H18Cl2N4O2S. The van der Waals surface area contributed by atoms with E-state index in [0.717, 1.165) is 19.5 Å². The molecule has 2 aromatic rings. The number of hydrogen-bond acceptors (Lipinski definition) is 5. The maximum Gasteiger partial charge on any atom is 0.273 e. The standard InChI is InChI=1S/C17H18Cl2N4O2S/c1-22-6-5-11(8-22)23(2)16(25)14-9-26-17(20-14)21-15(24)12-4-3-10(18)7-13(12)19/h3-4,7,9,11H,5-6,8H2,1-2H3,(H,20,21,24)/t11-/m1/s1. The highest BCUT2D eigenvalue weighted by Gasteiger charge is 2.28. The SMILES string of the molecule is CN1CC[C@@H](N(C)C(=O)c2csc(NC(=O)c3ccc(Cl)cc3Cl)n2)C1. The number of aromatic nitrogens is 1. The van der Waals surface area contributed by atoms with Gasteiger partial charge in [0.15, 0.2) is 5.13 Å². The van der Waals surface area contributed by atoms with E-state index in [9.17, 15) is 9.59 Å². The highest BCUT2D eigenvalue weighted by molar-refractivity contribution is 7.14. The first kappa shape index (κ1) is 19.1. The summed E-state index contributed by atoms with van der Waals surface area (Å²) in [6, 6.07) is 4.82. The monoisotopic (exact) mass is 412 g/mol. The Kier molecular flexibility index (Phi) is 5.82. The van der Waals surface area contributed by atoms with Crippen molar-refractivity contribution >= 4 is 51.5 Å². The summed E-state index contributed by atoms with van der Waals surface area (Å²) in [4.78, 5) is 33.1. The van der Waals surface area contributed by atoms with Crippen molar-refractivity contribution in [3.8, 4) is 0 Å². The van der Waals surface area contributed by atoms with Crippen LogP contribution in [0.25, 0.3) is 0 Å². The van der Waals surface area contributed by atoms with E-state index in [-0.39, 0.29) is 17.0 Å². The van der Waals surface area contributed by atoms with Crippen LogP contribution >= 0.6 is 34.5 Å². The number of anilines is 1. The lowest BCUT2D eigenvalue weighted by Gasteiger charge is -2.23. The molecule has 0 spiro atoms. The van der Waals surface area contributed by atoms with Gasteiger partial charge in [-0.25, -0.2) is 4.98 Å². The number of halogens is 2. The number of carbonyl (C=O) groups excluding carboxylic acids is 2. The molecule has 1 aromatic heterocycles. The van der Waals surface area contributed by atoms with Crippen molar-refractivity contribution in [3.05, 3.63) is 44.9 Å². The lowest BCUT2D eigenvalue weighted by molar-refractivity contribution is 0.0732. The molecule has 3 rings (SSSR count). The summed E-state index contributed by atoms with van der Waals surface area (Å²) in [7, 11) is 3.83. The Morgan fingerprint density at radius 2 is 2.15 bits per heavy atom. The molecule has 0 saturated carbocycles. The highest BCUT2D eigenvalue weighted by atomic mass is 35.5. The van der Waals surface area contributed by atoms with Crippen LogP contribution in [0.15, 0.2) is 23.6 Å². The molecule has 0 unspecified atom stereocenters. The molecular weight excluding hydrogens is 395 g/mol. The van der Waals surface area contributed by atoms with Crippen molar-refractivity contribution in [1.29, 1.82) is 0 Å². The van der Waals surface area contributed by atoms with E-state index < -0.39 is 5.91 Å². The molecule has 1 aliphatic heterocycles. The van der Waals surface area contributed by atoms with E-state index in [1.165, 1.54) is 17.4 Å². The first-order valence-corrected chi connectivity index (χ1v) is 9.66. The third kappa shape index (κ3) is 4.17. The highest BCUT2D eigenvalue weighted by Crippen LogP contribution is 2.24. The number of rotatable bonds is 4. The summed E-state index contributed by atoms with van der Waals surface area (Å²) >= 11 is 13.1. The molecule has 1 N–H and O–H groups in total. The molecule has 1 aliphatic rings. The first-order chi connectivity index (χ1) is 12.3. The Balaban J connectivity index is 1.67. The molecule has 0 radical (unpaired) electrons. The normalized spacial score (nSPS) is 17.3. The Morgan fingerprint density at radius 3 is 2.81 bits per heavy atom. The van der Waals surface area contributed by atoms with Crippen LogP contribution in [0.2, 0.25) is 10.0 Å². The van der Waals surface area contributed by atoms with Crippen LogP contribution in [-0.2, 0) is 0 Å². The summed E-state index contributed by atoms with van der Waals surface area (Å²) < 4.78 is 0. The number of nitrogens with zero attached hydrogens (tertiary/aromatic N) is 3. The van der Waals surface area contributed by atoms with Crippen LogP contribution in [0.3, 0.4) is 0 Å². The molecule has 1 fully saturated rings. The second-order valence-electron chi connectivity index (χ2n) is 6.24. The van der Waals surface area contributed by atoms with Gasteiger partial charge in [-0.15, -0.1) is 11.3 Å². The van der Waals surface area contributed by atoms with Crippen molar-refractivity contribution in [3.63, 3.8) is 0 Å². The minimum absolute atomic E-state index is 0.147. The maximum atomic E-state index is 12.6. The van der Waals surface area contributed by atoms with Gasteiger partial charge in [0.1, 0.15) is 5.69 Å². The lowest BCUT2D eigenvalue weighted by Crippen LogP contribution is -2.38. The summed E-state index contributed by atoms with van der Waals surface area (Å²) in [6.07, 6.45) is 0.946. The molecule has 0 aliphatic carbocycles. The number of amides is 2. The maximum absolute atomic E-state index is 12.6. The van der Waals surface area contributed by atoms with Crippen molar-refractivity contribution in [2.75, 3.05) is 32.5 Å². The zero-order valence-corrected chi connectivity index (χ0v) is 16.7. The Morgan fingerprint density at radius 1 is 1.38 bits per heavy atom. The first-order valence-electron chi connectivity index (χ1n) is 8.03. The number of nitrogens with one attached hydrogen (secondary N) is 1. The molecule has 9 heteroatoms. The predicted octanol–water partition coefficient (Wildman–Crippen LogP) is 3.48. The number of carbonyl (C=O) groups is 2. The van der Waals surface area contributed by atoms with Crippen molar-refractivity contribution < 1.29 is 9.59 Å². The van der Waals surface area contributed by atoms with E-state index in [1.54, 1.807) is 29.5 Å². The van der Waals surface area contributed by atoms with Crippen LogP contribution in [-0.4, -0.2) is 59.8 Å². The smallest absolute Gasteiger partial charge is 0.273 e. The topological polar surface area (TPSA) is 65.5 Å². The molecule has 26 heavy (non-hydrogen) atoms. The van der Waals surface area contributed by atoms with Gasteiger partial charge in [0, 0.05) is 30.0 Å². The largest absolute Gasteiger partial charge is 0.336 e. The van der Waals surface area contributed by atoms with Crippen molar-refractivity contribution in [2.24, 2.45) is 0 Å². The summed E-state index contributed by atoms with van der Waals surface area (Å²) in [5, 5.41) is 5.38. The number of likely N-dealkylation sites (tertiary alicyclic amines) is 1. The fourth-order valence-electron chi connectivity index (χ4n) is 2.84. The number of hydrogen-bond donors (Lipinski definition) is 1. The Hall–Kier alpha value is -1.67. The second kappa shape index (κ2) is 7.92. The van der Waals surface area contributed by atoms with E-state index in [0.29, 0.717) is 21.4 Å². The zero-order chi connectivity index (χ0) is 18.8. The average Bonchev–Trinajstić information content (AvgIpc) is 3.22. The molecule has 2 heterocycles. The summed E-state index contributed by atoms with van der Waals surface area (Å²) in [5.41, 5.74) is 0.620. The van der Waals surface area contributed by atoms with Crippen LogP contribution in [0, 0.1) is 0 Å². The summed E-state index contributed by atoms with van der Waals surface area (Å²) in [5.74, 6) is -0.544. The van der Waals surface area contributed by atoms with Crippen LogP contribution < -0.4 is 5.32 Å². The van der Waals surface area contributed by atoms with Gasteiger partial charge in [-0.05, 0) is 38.2 Å². The van der Waals surface area contributed by atoms with Gasteiger partial charge in [-0.3, -0.25) is 14.9 Å². The average molecular weight is 413 g/mol. The number of likely N-dealkylation sites (N-methyl/N-ethyl adjacent to an activating group) is 2. The Labute approximate surface area is 165 Å². The van der Waals surface area contributed by atoms with Crippen LogP contribution in [0.4, 0.5) is 5.13 Å². The molecule has 6 nitrogen and oxygen atoms in total. The van der Waals surface area contributed by atoms with Gasteiger partial charge in [-0.1, -0.05) is 23.2 Å². The van der Waals surface area contributed by atoms with Gasteiger partial charge < -0.3 is 9.80 Å². The van der Waals surface area contributed by atoms with E-state index in [2.05, 4.69) is 15.2 Å². The second-order valence-corrected chi connectivity index (χ2v) is 7.94. The van der Waals surface area contributed by atoms with Gasteiger partial charge in [0.25, 0.3) is 11.8 Å². The summed E-state index contributed by atoms with van der Waals surface area (Å²) in [6.45, 7) is 1.83. The molecule has 1 atom stereocenters. The van der Waals surface area contributed by atoms with Crippen molar-refractivity contribution in [1.82, 2.24) is 14.8 Å². The van der Waals surface area contributed by atoms with Gasteiger partial charge in [0.2, 0.25) is 0 Å². The third-order valence-electron chi connectivity index (χ3n) is 4.35. The van der Waals surface area contributed by atoms with E-state index in [1.807, 2.05) is 7.05 Å². The minimum Gasteiger partial charge on any atom is -0.336 e. The van der Waals surface area contributed by atoms with E-state index >= 15 is 0 Å².